The van der Waals surface area contributed by atoms with Crippen LogP contribution < -0.4 is 5.32 Å². The molecule has 1 saturated heterocycles. The molecule has 1 amide bonds. The second-order valence-corrected chi connectivity index (χ2v) is 8.16. The molecule has 1 fully saturated rings. The Morgan fingerprint density at radius 1 is 1.00 bits per heavy atom. The van der Waals surface area contributed by atoms with Crippen molar-refractivity contribution in [3.63, 3.8) is 0 Å². The highest BCUT2D eigenvalue weighted by molar-refractivity contribution is 5.94. The molecule has 1 N–H and O–H groups in total. The third-order valence-electron chi connectivity index (χ3n) is 5.92. The van der Waals surface area contributed by atoms with Crippen LogP contribution in [0.4, 0.5) is 4.39 Å². The quantitative estimate of drug-likeness (QED) is 0.508. The molecule has 0 saturated carbocycles. The van der Waals surface area contributed by atoms with Crippen molar-refractivity contribution in [2.24, 2.45) is 0 Å². The standard InChI is InChI=1S/C25H23FN6O/c26-20-3-1-2-17(14-20)22-5-4-18(15-30-22)25(33)31-21-7-12-32(13-8-21)16-19-6-9-28-24-23(19)27-10-11-29-24/h1-6,9-11,14-15,21H,7-8,12-13,16H2,(H,31,33). The predicted octanol–water partition coefficient (Wildman–Crippen LogP) is 3.62. The maximum Gasteiger partial charge on any atom is 0.253 e. The molecule has 8 heteroatoms. The van der Waals surface area contributed by atoms with E-state index in [-0.39, 0.29) is 17.8 Å². The van der Waals surface area contributed by atoms with Crippen LogP contribution in [0.5, 0.6) is 0 Å². The van der Waals surface area contributed by atoms with Crippen molar-refractivity contribution in [2.75, 3.05) is 13.1 Å². The molecule has 166 valence electrons. The summed E-state index contributed by atoms with van der Waals surface area (Å²) in [6.45, 7) is 2.54. The van der Waals surface area contributed by atoms with Gasteiger partial charge in [-0.1, -0.05) is 12.1 Å². The Morgan fingerprint density at radius 3 is 2.61 bits per heavy atom. The Morgan fingerprint density at radius 2 is 1.82 bits per heavy atom. The number of nitrogens with zero attached hydrogens (tertiary/aromatic N) is 5. The summed E-state index contributed by atoms with van der Waals surface area (Å²) in [5.74, 6) is -0.449. The number of amides is 1. The van der Waals surface area contributed by atoms with Gasteiger partial charge < -0.3 is 5.32 Å². The third-order valence-corrected chi connectivity index (χ3v) is 5.92. The molecule has 1 aromatic carbocycles. The first-order valence-electron chi connectivity index (χ1n) is 11.0. The molecule has 0 aliphatic carbocycles. The van der Waals surface area contributed by atoms with Crippen LogP contribution in [-0.2, 0) is 6.54 Å². The molecule has 33 heavy (non-hydrogen) atoms. The van der Waals surface area contributed by atoms with Gasteiger partial charge in [-0.25, -0.2) is 14.4 Å². The predicted molar refractivity (Wildman–Crippen MR) is 123 cm³/mol. The van der Waals surface area contributed by atoms with Crippen molar-refractivity contribution in [1.29, 1.82) is 0 Å². The number of hydrogen-bond donors (Lipinski definition) is 1. The van der Waals surface area contributed by atoms with Gasteiger partial charge >= 0.3 is 0 Å². The van der Waals surface area contributed by atoms with Gasteiger partial charge in [-0.15, -0.1) is 0 Å². The van der Waals surface area contributed by atoms with E-state index in [0.717, 1.165) is 43.6 Å². The van der Waals surface area contributed by atoms with Gasteiger partial charge in [-0.2, -0.15) is 0 Å². The van der Waals surface area contributed by atoms with Crippen molar-refractivity contribution in [2.45, 2.75) is 25.4 Å². The molecule has 0 radical (unpaired) electrons. The largest absolute Gasteiger partial charge is 0.349 e. The van der Waals surface area contributed by atoms with Crippen molar-refractivity contribution in [1.82, 2.24) is 30.2 Å². The van der Waals surface area contributed by atoms with Crippen LogP contribution in [-0.4, -0.2) is 49.9 Å². The lowest BCUT2D eigenvalue weighted by Crippen LogP contribution is -2.44. The van der Waals surface area contributed by atoms with Gasteiger partial charge in [0.25, 0.3) is 5.91 Å². The van der Waals surface area contributed by atoms with Gasteiger partial charge in [0.2, 0.25) is 0 Å². The van der Waals surface area contributed by atoms with Gasteiger partial charge in [0, 0.05) is 56.0 Å². The van der Waals surface area contributed by atoms with Gasteiger partial charge in [0.1, 0.15) is 11.3 Å². The number of carbonyl (C=O) groups is 1. The molecule has 0 bridgehead atoms. The number of fused-ring (bicyclic) bond motifs is 1. The third kappa shape index (κ3) is 4.85. The zero-order valence-corrected chi connectivity index (χ0v) is 18.0. The summed E-state index contributed by atoms with van der Waals surface area (Å²) < 4.78 is 13.4. The van der Waals surface area contributed by atoms with Crippen LogP contribution in [0.15, 0.2) is 67.3 Å². The molecular formula is C25H23FN6O. The summed E-state index contributed by atoms with van der Waals surface area (Å²) in [7, 11) is 0. The Bertz CT molecular complexity index is 1270. The van der Waals surface area contributed by atoms with Gasteiger partial charge in [0.05, 0.1) is 11.3 Å². The first-order chi connectivity index (χ1) is 16.2. The van der Waals surface area contributed by atoms with Crippen molar-refractivity contribution in [3.05, 3.63) is 84.2 Å². The number of aromatic nitrogens is 4. The highest BCUT2D eigenvalue weighted by Gasteiger charge is 2.22. The molecule has 0 spiro atoms. The van der Waals surface area contributed by atoms with Crippen LogP contribution in [0.2, 0.25) is 0 Å². The number of pyridine rings is 2. The van der Waals surface area contributed by atoms with Crippen LogP contribution in [0.25, 0.3) is 22.4 Å². The number of halogens is 1. The lowest BCUT2D eigenvalue weighted by molar-refractivity contribution is 0.0908. The normalized spacial score (nSPS) is 14.9. The van der Waals surface area contributed by atoms with Crippen LogP contribution in [0.3, 0.4) is 0 Å². The van der Waals surface area contributed by atoms with Crippen molar-refractivity contribution < 1.29 is 9.18 Å². The molecule has 7 nitrogen and oxygen atoms in total. The number of carbonyl (C=O) groups excluding carboxylic acids is 1. The van der Waals surface area contributed by atoms with E-state index in [0.29, 0.717) is 22.5 Å². The molecular weight excluding hydrogens is 419 g/mol. The minimum absolute atomic E-state index is 0.116. The fraction of sp³-hybridized carbons (Fsp3) is 0.240. The van der Waals surface area contributed by atoms with E-state index in [1.807, 2.05) is 6.07 Å². The monoisotopic (exact) mass is 442 g/mol. The Kier molecular flexibility index (Phi) is 5.99. The molecule has 0 unspecified atom stereocenters. The molecule has 4 aromatic rings. The number of benzene rings is 1. The average Bonchev–Trinajstić information content (AvgIpc) is 2.85. The molecule has 4 heterocycles. The van der Waals surface area contributed by atoms with Gasteiger partial charge in [0.15, 0.2) is 5.65 Å². The number of likely N-dealkylation sites (tertiary alicyclic amines) is 1. The molecule has 0 atom stereocenters. The number of piperidine rings is 1. The van der Waals surface area contributed by atoms with E-state index in [4.69, 9.17) is 0 Å². The number of hydrogen-bond acceptors (Lipinski definition) is 6. The van der Waals surface area contributed by atoms with Crippen LogP contribution >= 0.6 is 0 Å². The molecule has 3 aromatic heterocycles. The smallest absolute Gasteiger partial charge is 0.253 e. The minimum Gasteiger partial charge on any atom is -0.349 e. The summed E-state index contributed by atoms with van der Waals surface area (Å²) in [6.07, 6.45) is 8.39. The lowest BCUT2D eigenvalue weighted by atomic mass is 10.0. The first kappa shape index (κ1) is 21.1. The number of rotatable bonds is 5. The minimum atomic E-state index is -0.312. The van der Waals surface area contributed by atoms with E-state index in [9.17, 15) is 9.18 Å². The van der Waals surface area contributed by atoms with Gasteiger partial charge in [-0.05, 0) is 48.7 Å². The van der Waals surface area contributed by atoms with Gasteiger partial charge in [-0.3, -0.25) is 19.7 Å². The SMILES string of the molecule is O=C(NC1CCN(Cc2ccnc3nccnc23)CC1)c1ccc(-c2cccc(F)c2)nc1. The summed E-state index contributed by atoms with van der Waals surface area (Å²) in [5, 5.41) is 3.12. The summed E-state index contributed by atoms with van der Waals surface area (Å²) >= 11 is 0. The average molecular weight is 442 g/mol. The molecule has 5 rings (SSSR count). The van der Waals surface area contributed by atoms with Crippen LogP contribution in [0, 0.1) is 5.82 Å². The van der Waals surface area contributed by atoms with E-state index in [1.54, 1.807) is 49.1 Å². The Labute approximate surface area is 190 Å². The summed E-state index contributed by atoms with van der Waals surface area (Å²) in [5.41, 5.74) is 4.42. The highest BCUT2D eigenvalue weighted by Crippen LogP contribution is 2.20. The second kappa shape index (κ2) is 9.38. The zero-order valence-electron chi connectivity index (χ0n) is 18.0. The maximum atomic E-state index is 13.4. The molecule has 1 aliphatic heterocycles. The zero-order chi connectivity index (χ0) is 22.6. The highest BCUT2D eigenvalue weighted by atomic mass is 19.1. The second-order valence-electron chi connectivity index (χ2n) is 8.16. The summed E-state index contributed by atoms with van der Waals surface area (Å²) in [6, 6.07) is 11.8. The van der Waals surface area contributed by atoms with E-state index >= 15 is 0 Å². The Balaban J connectivity index is 1.16. The van der Waals surface area contributed by atoms with E-state index in [1.165, 1.54) is 12.1 Å². The lowest BCUT2D eigenvalue weighted by Gasteiger charge is -2.32. The fourth-order valence-corrected chi connectivity index (χ4v) is 4.15. The van der Waals surface area contributed by atoms with E-state index in [2.05, 4.69) is 30.2 Å². The van der Waals surface area contributed by atoms with Crippen LogP contribution in [0.1, 0.15) is 28.8 Å². The fourth-order valence-electron chi connectivity index (χ4n) is 4.15. The van der Waals surface area contributed by atoms with Crippen molar-refractivity contribution >= 4 is 17.1 Å². The number of nitrogens with one attached hydrogen (secondary N) is 1. The maximum absolute atomic E-state index is 13.4. The first-order valence-corrected chi connectivity index (χ1v) is 11.0. The Hall–Kier alpha value is -3.78. The molecule has 1 aliphatic rings. The topological polar surface area (TPSA) is 83.9 Å². The van der Waals surface area contributed by atoms with Crippen molar-refractivity contribution in [3.8, 4) is 11.3 Å². The summed E-state index contributed by atoms with van der Waals surface area (Å²) in [4.78, 5) is 32.4. The van der Waals surface area contributed by atoms with E-state index < -0.39 is 0 Å².